The van der Waals surface area contributed by atoms with Gasteiger partial charge in [-0.15, -0.1) is 0 Å². The molecule has 0 aromatic heterocycles. The van der Waals surface area contributed by atoms with E-state index in [2.05, 4.69) is 14.1 Å². The molecule has 4 heterocycles. The fraction of sp³-hybridized carbons (Fsp3) is 0.571. The Kier molecular flexibility index (Phi) is 12.2. The highest BCUT2D eigenvalue weighted by Gasteiger charge is 2.53. The Balaban J connectivity index is 0.972. The average Bonchev–Trinajstić information content (AvgIpc) is 3.33. The number of carbonyl (C=O) groups is 6. The molecular formula is C42H54N2O12+2. The molecule has 4 atom stereocenters. The highest BCUT2D eigenvalue weighted by Crippen LogP contribution is 2.46. The van der Waals surface area contributed by atoms with Gasteiger partial charge in [-0.3, -0.25) is 28.8 Å². The summed E-state index contributed by atoms with van der Waals surface area (Å²) in [5.74, 6) is -2.00. The summed E-state index contributed by atoms with van der Waals surface area (Å²) in [5.41, 5.74) is 1.89. The summed E-state index contributed by atoms with van der Waals surface area (Å²) >= 11 is 0. The van der Waals surface area contributed by atoms with Crippen LogP contribution in [0, 0.1) is 0 Å². The van der Waals surface area contributed by atoms with Crippen LogP contribution in [0.2, 0.25) is 0 Å². The molecule has 2 aromatic carbocycles. The van der Waals surface area contributed by atoms with E-state index in [-0.39, 0.29) is 72.2 Å². The van der Waals surface area contributed by atoms with Crippen LogP contribution in [0.25, 0.3) is 0 Å². The zero-order valence-corrected chi connectivity index (χ0v) is 33.2. The molecule has 2 aromatic rings. The van der Waals surface area contributed by atoms with Crippen molar-refractivity contribution in [2.45, 2.75) is 141 Å². The number of rotatable bonds is 13. The fourth-order valence-electron chi connectivity index (χ4n) is 9.83. The van der Waals surface area contributed by atoms with Crippen molar-refractivity contribution in [2.75, 3.05) is 14.1 Å². The van der Waals surface area contributed by atoms with Crippen LogP contribution in [0.1, 0.15) is 103 Å². The molecule has 0 radical (unpaired) electrons. The van der Waals surface area contributed by atoms with Crippen molar-refractivity contribution in [1.82, 2.24) is 0 Å². The van der Waals surface area contributed by atoms with Crippen molar-refractivity contribution in [3.8, 4) is 23.0 Å². The number of esters is 6. The lowest BCUT2D eigenvalue weighted by Gasteiger charge is -2.47. The number of piperidine rings is 2. The maximum atomic E-state index is 13.0. The standard InChI is InChI=1S/C42H54N2O12/c1-25(45)51-37-13-7-29(17-39(37)53-27(3)47)23-43(5)31-9-10-32(43)20-35(19-31)55-41(49)15-16-42(50)56-36-21-33-11-12-34(22-36)44(33,6)24-30-8-14-38(52-26(2)46)40(18-30)54-28(4)48/h7-8,13-14,17-18,31-36H,9-12,15-16,19-24H2,1-6H3/q+2. The van der Waals surface area contributed by atoms with Gasteiger partial charge in [0.1, 0.15) is 25.3 Å². The number of hydrogen-bond acceptors (Lipinski definition) is 12. The fourth-order valence-corrected chi connectivity index (χ4v) is 9.83. The van der Waals surface area contributed by atoms with E-state index in [0.717, 1.165) is 71.5 Å². The summed E-state index contributed by atoms with van der Waals surface area (Å²) in [6.07, 6.45) is 6.36. The minimum absolute atomic E-state index is 0.0360. The first-order valence-electron chi connectivity index (χ1n) is 19.6. The smallest absolute Gasteiger partial charge is 0.308 e. The Bertz CT molecular complexity index is 1710. The lowest BCUT2D eigenvalue weighted by atomic mass is 9.95. The van der Waals surface area contributed by atoms with Crippen LogP contribution in [0.5, 0.6) is 23.0 Å². The molecule has 14 heteroatoms. The summed E-state index contributed by atoms with van der Waals surface area (Å²) in [4.78, 5) is 72.6. The third-order valence-corrected chi connectivity index (χ3v) is 12.3. The van der Waals surface area contributed by atoms with Gasteiger partial charge in [0.05, 0.1) is 51.1 Å². The van der Waals surface area contributed by atoms with Crippen LogP contribution >= 0.6 is 0 Å². The van der Waals surface area contributed by atoms with Crippen molar-refractivity contribution in [1.29, 1.82) is 0 Å². The van der Waals surface area contributed by atoms with Gasteiger partial charge in [0.15, 0.2) is 23.0 Å². The van der Waals surface area contributed by atoms with E-state index in [4.69, 9.17) is 28.4 Å². The Morgan fingerprint density at radius 3 is 1.11 bits per heavy atom. The van der Waals surface area contributed by atoms with Crippen LogP contribution in [0.4, 0.5) is 0 Å². The zero-order valence-electron chi connectivity index (χ0n) is 33.2. The van der Waals surface area contributed by atoms with Gasteiger partial charge in [0.2, 0.25) is 0 Å². The molecule has 0 N–H and O–H groups in total. The second kappa shape index (κ2) is 16.7. The molecule has 6 rings (SSSR count). The van der Waals surface area contributed by atoms with E-state index in [1.165, 1.54) is 27.7 Å². The molecule has 4 unspecified atom stereocenters. The number of benzene rings is 2. The van der Waals surface area contributed by atoms with Crippen molar-refractivity contribution >= 4 is 35.8 Å². The molecule has 4 fully saturated rings. The van der Waals surface area contributed by atoms with Crippen LogP contribution in [0.15, 0.2) is 36.4 Å². The van der Waals surface area contributed by atoms with E-state index in [9.17, 15) is 28.8 Å². The molecule has 56 heavy (non-hydrogen) atoms. The average molecular weight is 779 g/mol. The van der Waals surface area contributed by atoms with Gasteiger partial charge in [-0.2, -0.15) is 0 Å². The lowest BCUT2D eigenvalue weighted by molar-refractivity contribution is -0.961. The Morgan fingerprint density at radius 1 is 0.500 bits per heavy atom. The highest BCUT2D eigenvalue weighted by atomic mass is 16.6. The predicted octanol–water partition coefficient (Wildman–Crippen LogP) is 5.23. The van der Waals surface area contributed by atoms with Crippen LogP contribution < -0.4 is 18.9 Å². The maximum Gasteiger partial charge on any atom is 0.308 e. The summed E-state index contributed by atoms with van der Waals surface area (Å²) < 4.78 is 34.6. The normalized spacial score (nSPS) is 28.8. The SMILES string of the molecule is CC(=O)Oc1ccc(C[N+]2(C)C3CCC2CC(OC(=O)CCC(=O)OC2CC4CCC(C2)[N+]4(C)Cc2ccc(OC(C)=O)c(OC(C)=O)c2)C3)cc1OC(C)=O. The molecule has 302 valence electrons. The summed E-state index contributed by atoms with van der Waals surface area (Å²) in [5, 5.41) is 0. The largest absolute Gasteiger partial charge is 0.462 e. The van der Waals surface area contributed by atoms with Crippen molar-refractivity contribution < 1.29 is 66.2 Å². The molecule has 14 nitrogen and oxygen atoms in total. The van der Waals surface area contributed by atoms with Gasteiger partial charge in [-0.05, 0) is 36.4 Å². The van der Waals surface area contributed by atoms with Gasteiger partial charge >= 0.3 is 35.8 Å². The Morgan fingerprint density at radius 2 is 0.804 bits per heavy atom. The molecule has 0 amide bonds. The minimum Gasteiger partial charge on any atom is -0.462 e. The van der Waals surface area contributed by atoms with Crippen LogP contribution in [-0.4, -0.2) is 95.3 Å². The third kappa shape index (κ3) is 9.40. The van der Waals surface area contributed by atoms with Gasteiger partial charge < -0.3 is 37.4 Å². The number of hydrogen-bond donors (Lipinski definition) is 0. The quantitative estimate of drug-likeness (QED) is 0.148. The van der Waals surface area contributed by atoms with E-state index < -0.39 is 35.8 Å². The van der Waals surface area contributed by atoms with Gasteiger partial charge in [-0.25, -0.2) is 0 Å². The molecule has 4 saturated heterocycles. The number of fused-ring (bicyclic) bond motifs is 4. The third-order valence-electron chi connectivity index (χ3n) is 12.3. The van der Waals surface area contributed by atoms with Gasteiger partial charge in [-0.1, -0.05) is 0 Å². The lowest BCUT2D eigenvalue weighted by Crippen LogP contribution is -2.58. The van der Waals surface area contributed by atoms with Crippen molar-refractivity contribution in [2.24, 2.45) is 0 Å². The molecular weight excluding hydrogens is 724 g/mol. The first-order valence-corrected chi connectivity index (χ1v) is 19.6. The first kappa shape index (κ1) is 40.8. The van der Waals surface area contributed by atoms with Crippen molar-refractivity contribution in [3.05, 3.63) is 47.5 Å². The summed E-state index contributed by atoms with van der Waals surface area (Å²) in [7, 11) is 4.43. The monoisotopic (exact) mass is 778 g/mol. The Labute approximate surface area is 327 Å². The van der Waals surface area contributed by atoms with Gasteiger partial charge in [0.25, 0.3) is 0 Å². The predicted molar refractivity (Wildman–Crippen MR) is 199 cm³/mol. The van der Waals surface area contributed by atoms with E-state index >= 15 is 0 Å². The topological polar surface area (TPSA) is 158 Å². The van der Waals surface area contributed by atoms with E-state index in [1.54, 1.807) is 24.3 Å². The Hall–Kier alpha value is -4.82. The molecule has 4 bridgehead atoms. The molecule has 4 aliphatic rings. The minimum atomic E-state index is -0.506. The number of nitrogens with zero attached hydrogens (tertiary/aromatic N) is 2. The molecule has 0 saturated carbocycles. The number of ether oxygens (including phenoxy) is 6. The summed E-state index contributed by atoms with van der Waals surface area (Å²) in [6, 6.07) is 11.6. The molecule has 0 aliphatic carbocycles. The van der Waals surface area contributed by atoms with Crippen LogP contribution in [-0.2, 0) is 51.3 Å². The zero-order chi connectivity index (χ0) is 40.4. The summed E-state index contributed by atoms with van der Waals surface area (Å²) in [6.45, 7) is 6.54. The van der Waals surface area contributed by atoms with Crippen molar-refractivity contribution in [3.63, 3.8) is 0 Å². The van der Waals surface area contributed by atoms with E-state index in [1.807, 2.05) is 12.1 Å². The molecule has 4 aliphatic heterocycles. The number of quaternary nitrogens is 2. The first-order chi connectivity index (χ1) is 26.5. The highest BCUT2D eigenvalue weighted by molar-refractivity contribution is 5.78. The molecule has 0 spiro atoms. The number of carbonyl (C=O) groups excluding carboxylic acids is 6. The maximum absolute atomic E-state index is 13.0. The second-order valence-electron chi connectivity index (χ2n) is 16.4. The van der Waals surface area contributed by atoms with Crippen LogP contribution in [0.3, 0.4) is 0 Å². The van der Waals surface area contributed by atoms with Gasteiger partial charge in [0, 0.05) is 90.2 Å². The second-order valence-corrected chi connectivity index (χ2v) is 16.4. The van der Waals surface area contributed by atoms with E-state index in [0.29, 0.717) is 13.1 Å².